The topological polar surface area (TPSA) is 95.3 Å². The number of ether oxygens (including phenoxy) is 2. The molecule has 11 heteroatoms. The molecule has 2 aromatic heterocycles. The fourth-order valence-electron chi connectivity index (χ4n) is 3.07. The van der Waals surface area contributed by atoms with Crippen LogP contribution in [0.2, 0.25) is 5.02 Å². The smallest absolute Gasteiger partial charge is 0.340 e. The average Bonchev–Trinajstić information content (AvgIpc) is 3.40. The summed E-state index contributed by atoms with van der Waals surface area (Å²) in [5, 5.41) is 13.0. The van der Waals surface area contributed by atoms with Crippen LogP contribution in [0.15, 0.2) is 35.5 Å². The predicted octanol–water partition coefficient (Wildman–Crippen LogP) is 5.23. The maximum Gasteiger partial charge on any atom is 0.340 e. The number of hydrogen-bond acceptors (Lipinski definition) is 8. The summed E-state index contributed by atoms with van der Waals surface area (Å²) < 4.78 is 12.7. The van der Waals surface area contributed by atoms with E-state index in [1.807, 2.05) is 37.5 Å². The van der Waals surface area contributed by atoms with E-state index in [2.05, 4.69) is 15.5 Å². The number of methoxy groups -OCH3 is 1. The molecule has 3 aromatic rings. The second kappa shape index (κ2) is 11.5. The van der Waals surface area contributed by atoms with Gasteiger partial charge in [0.15, 0.2) is 17.1 Å². The number of aryl methyl sites for hydroxylation is 1. The number of carbonyl (C=O) groups is 2. The van der Waals surface area contributed by atoms with Crippen LogP contribution in [0.4, 0.5) is 5.00 Å². The molecule has 176 valence electrons. The number of thioether (sulfide) groups is 1. The van der Waals surface area contributed by atoms with Gasteiger partial charge in [0.2, 0.25) is 5.91 Å². The number of nitrogens with one attached hydrogen (secondary N) is 1. The van der Waals surface area contributed by atoms with Crippen molar-refractivity contribution in [2.75, 3.05) is 18.2 Å². The third-order valence-electron chi connectivity index (χ3n) is 4.66. The van der Waals surface area contributed by atoms with Crippen LogP contribution in [-0.4, -0.2) is 39.5 Å². The summed E-state index contributed by atoms with van der Waals surface area (Å²) >= 11 is 8.67. The number of amides is 1. The van der Waals surface area contributed by atoms with Gasteiger partial charge in [0.05, 0.1) is 18.4 Å². The molecular formula is C22H25ClN4O4S2. The number of nitrogens with zero attached hydrogens (tertiary/aromatic N) is 3. The molecule has 0 aliphatic carbocycles. The summed E-state index contributed by atoms with van der Waals surface area (Å²) in [5.74, 6) is 0.682. The minimum atomic E-state index is -0.474. The van der Waals surface area contributed by atoms with Crippen LogP contribution in [0.1, 0.15) is 47.9 Å². The highest BCUT2D eigenvalue weighted by Gasteiger charge is 2.21. The van der Waals surface area contributed by atoms with E-state index in [0.29, 0.717) is 38.9 Å². The first-order valence-electron chi connectivity index (χ1n) is 10.3. The molecule has 1 amide bonds. The van der Waals surface area contributed by atoms with Gasteiger partial charge in [-0.1, -0.05) is 36.4 Å². The summed E-state index contributed by atoms with van der Waals surface area (Å²) in [6, 6.07) is 8.91. The Morgan fingerprint density at radius 1 is 1.27 bits per heavy atom. The zero-order valence-electron chi connectivity index (χ0n) is 18.8. The molecule has 0 radical (unpaired) electrons. The Morgan fingerprint density at radius 3 is 2.73 bits per heavy atom. The number of carbonyl (C=O) groups excluding carboxylic acids is 2. The number of hydrogen-bond donors (Lipinski definition) is 1. The molecule has 2 heterocycles. The molecule has 3 rings (SSSR count). The van der Waals surface area contributed by atoms with Crippen molar-refractivity contribution in [3.63, 3.8) is 0 Å². The molecule has 0 fully saturated rings. The molecule has 0 saturated carbocycles. The Kier molecular flexibility index (Phi) is 8.76. The maximum atomic E-state index is 12.6. The van der Waals surface area contributed by atoms with Crippen molar-refractivity contribution in [1.82, 2.24) is 14.8 Å². The minimum Gasteiger partial charge on any atom is -0.483 e. The number of rotatable bonds is 10. The Labute approximate surface area is 205 Å². The lowest BCUT2D eigenvalue weighted by Gasteiger charge is -2.15. The first-order chi connectivity index (χ1) is 15.9. The molecule has 0 aliphatic rings. The molecule has 0 bridgehead atoms. The van der Waals surface area contributed by atoms with Crippen LogP contribution >= 0.6 is 34.7 Å². The fourth-order valence-corrected chi connectivity index (χ4v) is 5.06. The molecule has 1 atom stereocenters. The Bertz CT molecular complexity index is 1130. The van der Waals surface area contributed by atoms with Gasteiger partial charge in [0, 0.05) is 16.4 Å². The average molecular weight is 509 g/mol. The molecule has 33 heavy (non-hydrogen) atoms. The molecule has 8 nitrogen and oxygen atoms in total. The van der Waals surface area contributed by atoms with E-state index in [9.17, 15) is 9.59 Å². The highest BCUT2D eigenvalue weighted by molar-refractivity contribution is 7.99. The van der Waals surface area contributed by atoms with Crippen molar-refractivity contribution in [1.29, 1.82) is 0 Å². The van der Waals surface area contributed by atoms with E-state index in [1.165, 1.54) is 30.2 Å². The van der Waals surface area contributed by atoms with Gasteiger partial charge in [-0.15, -0.1) is 21.5 Å². The van der Waals surface area contributed by atoms with Gasteiger partial charge < -0.3 is 19.4 Å². The van der Waals surface area contributed by atoms with E-state index in [0.717, 1.165) is 11.3 Å². The van der Waals surface area contributed by atoms with Gasteiger partial charge in [0.25, 0.3) is 0 Å². The Hall–Kier alpha value is -2.56. The van der Waals surface area contributed by atoms with Gasteiger partial charge in [-0.3, -0.25) is 4.79 Å². The molecule has 1 N–H and O–H groups in total. The van der Waals surface area contributed by atoms with E-state index in [1.54, 1.807) is 18.2 Å². The van der Waals surface area contributed by atoms with Gasteiger partial charge in [0.1, 0.15) is 10.8 Å². The molecule has 0 aliphatic heterocycles. The lowest BCUT2D eigenvalue weighted by atomic mass is 10.2. The van der Waals surface area contributed by atoms with E-state index < -0.39 is 5.97 Å². The fraction of sp³-hybridized carbons (Fsp3) is 0.364. The quantitative estimate of drug-likeness (QED) is 0.296. The third kappa shape index (κ3) is 6.27. The van der Waals surface area contributed by atoms with Crippen molar-refractivity contribution in [2.45, 2.75) is 45.0 Å². The SMILES string of the molecule is CCc1cc(C(=O)OC)c(NC(=O)CSc2nnc(C(C)Oc3cccc(Cl)c3)n2CC)s1. The second-order valence-electron chi connectivity index (χ2n) is 6.94. The van der Waals surface area contributed by atoms with E-state index >= 15 is 0 Å². The van der Waals surface area contributed by atoms with E-state index in [-0.39, 0.29) is 17.8 Å². The normalized spacial score (nSPS) is 11.8. The van der Waals surface area contributed by atoms with Crippen molar-refractivity contribution in [3.05, 3.63) is 51.6 Å². The maximum absolute atomic E-state index is 12.6. The highest BCUT2D eigenvalue weighted by atomic mass is 35.5. The van der Waals surface area contributed by atoms with Crippen LogP contribution in [-0.2, 0) is 22.5 Å². The summed E-state index contributed by atoms with van der Waals surface area (Å²) in [5.41, 5.74) is 0.365. The lowest BCUT2D eigenvalue weighted by molar-refractivity contribution is -0.113. The van der Waals surface area contributed by atoms with Crippen LogP contribution in [0, 0.1) is 0 Å². The molecule has 0 spiro atoms. The Morgan fingerprint density at radius 2 is 2.06 bits per heavy atom. The lowest BCUT2D eigenvalue weighted by Crippen LogP contribution is -2.16. The summed E-state index contributed by atoms with van der Waals surface area (Å²) in [6.07, 6.45) is 0.400. The summed E-state index contributed by atoms with van der Waals surface area (Å²) in [4.78, 5) is 25.6. The van der Waals surface area contributed by atoms with Crippen LogP contribution < -0.4 is 10.1 Å². The first-order valence-corrected chi connectivity index (χ1v) is 12.5. The van der Waals surface area contributed by atoms with Crippen LogP contribution in [0.25, 0.3) is 0 Å². The third-order valence-corrected chi connectivity index (χ3v) is 7.05. The Balaban J connectivity index is 1.66. The zero-order valence-corrected chi connectivity index (χ0v) is 21.1. The van der Waals surface area contributed by atoms with Gasteiger partial charge in [-0.2, -0.15) is 0 Å². The predicted molar refractivity (Wildman–Crippen MR) is 131 cm³/mol. The number of halogens is 1. The van der Waals surface area contributed by atoms with Crippen molar-refractivity contribution in [3.8, 4) is 5.75 Å². The zero-order chi connectivity index (χ0) is 24.0. The van der Waals surface area contributed by atoms with Gasteiger partial charge >= 0.3 is 5.97 Å². The number of aromatic nitrogens is 3. The number of anilines is 1. The van der Waals surface area contributed by atoms with Crippen LogP contribution in [0.5, 0.6) is 5.75 Å². The van der Waals surface area contributed by atoms with Crippen molar-refractivity contribution < 1.29 is 19.1 Å². The molecule has 1 unspecified atom stereocenters. The minimum absolute atomic E-state index is 0.113. The largest absolute Gasteiger partial charge is 0.483 e. The summed E-state index contributed by atoms with van der Waals surface area (Å²) in [6.45, 7) is 6.46. The van der Waals surface area contributed by atoms with Gasteiger partial charge in [-0.05, 0) is 44.5 Å². The second-order valence-corrected chi connectivity index (χ2v) is 9.46. The monoisotopic (exact) mass is 508 g/mol. The van der Waals surface area contributed by atoms with Crippen LogP contribution in [0.3, 0.4) is 0 Å². The first kappa shape index (κ1) is 25.1. The highest BCUT2D eigenvalue weighted by Crippen LogP contribution is 2.30. The van der Waals surface area contributed by atoms with Crippen molar-refractivity contribution >= 4 is 51.6 Å². The molecular weight excluding hydrogens is 484 g/mol. The van der Waals surface area contributed by atoms with E-state index in [4.69, 9.17) is 21.1 Å². The standard InChI is InChI=1S/C22H25ClN4O4S2/c1-5-16-11-17(21(29)30-4)20(33-16)24-18(28)12-32-22-26-25-19(27(22)6-2)13(3)31-15-9-7-8-14(23)10-15/h7-11,13H,5-6,12H2,1-4H3,(H,24,28). The van der Waals surface area contributed by atoms with Crippen molar-refractivity contribution in [2.24, 2.45) is 0 Å². The number of benzene rings is 1. The number of esters is 1. The molecule has 1 aromatic carbocycles. The van der Waals surface area contributed by atoms with Gasteiger partial charge in [-0.25, -0.2) is 4.79 Å². The number of thiophene rings is 1. The molecule has 0 saturated heterocycles. The summed E-state index contributed by atoms with van der Waals surface area (Å²) in [7, 11) is 1.32.